The van der Waals surface area contributed by atoms with Crippen LogP contribution in [-0.4, -0.2) is 13.5 Å². The highest BCUT2D eigenvalue weighted by molar-refractivity contribution is 7.93. The fourth-order valence-electron chi connectivity index (χ4n) is 1.43. The molecular weight excluding hydrogens is 294 g/mol. The van der Waals surface area contributed by atoms with Crippen LogP contribution in [0, 0.1) is 0 Å². The molecule has 0 unspecified atom stereocenters. The largest absolute Gasteiger partial charge is 0.391 e. The number of benzene rings is 1. The Balaban J connectivity index is 2.37. The topological polar surface area (TPSA) is 66.4 Å². The number of aliphatic hydroxyl groups is 1. The second-order valence-electron chi connectivity index (χ2n) is 3.45. The highest BCUT2D eigenvalue weighted by atomic mass is 35.5. The lowest BCUT2D eigenvalue weighted by atomic mass is 10.3. The molecule has 7 heteroatoms. The number of aliphatic hydroxyl groups excluding tert-OH is 1. The Bertz CT molecular complexity index is 652. The van der Waals surface area contributed by atoms with E-state index in [0.717, 1.165) is 0 Å². The zero-order valence-electron chi connectivity index (χ0n) is 9.13. The van der Waals surface area contributed by atoms with Gasteiger partial charge in [0.05, 0.1) is 22.2 Å². The molecule has 0 fully saturated rings. The molecule has 0 aliphatic carbocycles. The van der Waals surface area contributed by atoms with Gasteiger partial charge in [-0.05, 0) is 23.6 Å². The van der Waals surface area contributed by atoms with Crippen molar-refractivity contribution in [2.45, 2.75) is 11.5 Å². The van der Waals surface area contributed by atoms with Gasteiger partial charge in [-0.2, -0.15) is 0 Å². The van der Waals surface area contributed by atoms with Crippen LogP contribution >= 0.6 is 22.9 Å². The van der Waals surface area contributed by atoms with Crippen molar-refractivity contribution in [2.75, 3.05) is 4.72 Å². The third-order valence-electron chi connectivity index (χ3n) is 2.26. The number of rotatable bonds is 4. The van der Waals surface area contributed by atoms with Crippen molar-refractivity contribution >= 4 is 38.6 Å². The first-order valence-corrected chi connectivity index (χ1v) is 7.73. The Hall–Kier alpha value is -1.08. The van der Waals surface area contributed by atoms with Crippen molar-refractivity contribution in [1.29, 1.82) is 0 Å². The Kier molecular flexibility index (Phi) is 3.91. The van der Waals surface area contributed by atoms with Crippen molar-refractivity contribution in [2.24, 2.45) is 0 Å². The summed E-state index contributed by atoms with van der Waals surface area (Å²) in [6.45, 7) is -0.309. The van der Waals surface area contributed by atoms with Crippen molar-refractivity contribution in [1.82, 2.24) is 0 Å². The molecule has 0 radical (unpaired) electrons. The summed E-state index contributed by atoms with van der Waals surface area (Å²) in [7, 11) is -3.72. The third-order valence-corrected chi connectivity index (χ3v) is 5.07. The normalized spacial score (nSPS) is 11.4. The van der Waals surface area contributed by atoms with Gasteiger partial charge in [-0.3, -0.25) is 4.72 Å². The molecule has 1 aromatic carbocycles. The SMILES string of the molecule is O=S(=O)(Nc1ccccc1Cl)c1ccsc1CO. The molecule has 96 valence electrons. The van der Waals surface area contributed by atoms with Gasteiger partial charge in [0.2, 0.25) is 0 Å². The predicted molar refractivity (Wildman–Crippen MR) is 72.5 cm³/mol. The van der Waals surface area contributed by atoms with Crippen LogP contribution in [0.2, 0.25) is 5.02 Å². The smallest absolute Gasteiger partial charge is 0.263 e. The minimum absolute atomic E-state index is 0.0786. The van der Waals surface area contributed by atoms with E-state index >= 15 is 0 Å². The van der Waals surface area contributed by atoms with Crippen molar-refractivity contribution in [3.05, 3.63) is 45.6 Å². The molecule has 0 spiro atoms. The monoisotopic (exact) mass is 303 g/mol. The van der Waals surface area contributed by atoms with Crippen LogP contribution in [0.15, 0.2) is 40.6 Å². The van der Waals surface area contributed by atoms with Crippen molar-refractivity contribution in [3.8, 4) is 0 Å². The molecule has 0 amide bonds. The van der Waals surface area contributed by atoms with E-state index in [1.54, 1.807) is 29.6 Å². The van der Waals surface area contributed by atoms with Crippen LogP contribution in [0.5, 0.6) is 0 Å². The first-order valence-electron chi connectivity index (χ1n) is 4.99. The van der Waals surface area contributed by atoms with Crippen LogP contribution in [0.4, 0.5) is 5.69 Å². The summed E-state index contributed by atoms with van der Waals surface area (Å²) in [4.78, 5) is 0.476. The minimum Gasteiger partial charge on any atom is -0.391 e. The molecular formula is C11H10ClNO3S2. The van der Waals surface area contributed by atoms with Gasteiger partial charge in [0.25, 0.3) is 10.0 Å². The minimum atomic E-state index is -3.72. The highest BCUT2D eigenvalue weighted by Gasteiger charge is 2.20. The van der Waals surface area contributed by atoms with Gasteiger partial charge in [-0.1, -0.05) is 23.7 Å². The van der Waals surface area contributed by atoms with E-state index in [0.29, 0.717) is 15.6 Å². The van der Waals surface area contributed by atoms with E-state index in [2.05, 4.69) is 4.72 Å². The number of anilines is 1. The fraction of sp³-hybridized carbons (Fsp3) is 0.0909. The van der Waals surface area contributed by atoms with E-state index < -0.39 is 10.0 Å². The summed E-state index contributed by atoms with van der Waals surface area (Å²) >= 11 is 7.08. The van der Waals surface area contributed by atoms with Gasteiger partial charge in [-0.15, -0.1) is 11.3 Å². The Morgan fingerprint density at radius 3 is 2.67 bits per heavy atom. The lowest BCUT2D eigenvalue weighted by Crippen LogP contribution is -2.14. The van der Waals surface area contributed by atoms with Crippen LogP contribution < -0.4 is 4.72 Å². The Labute approximate surface area is 114 Å². The van der Waals surface area contributed by atoms with Gasteiger partial charge in [0, 0.05) is 0 Å². The maximum absolute atomic E-state index is 12.1. The van der Waals surface area contributed by atoms with Crippen LogP contribution in [0.25, 0.3) is 0 Å². The maximum Gasteiger partial charge on any atom is 0.263 e. The molecule has 0 saturated carbocycles. The zero-order chi connectivity index (χ0) is 13.2. The average molecular weight is 304 g/mol. The van der Waals surface area contributed by atoms with E-state index in [1.165, 1.54) is 17.4 Å². The summed E-state index contributed by atoms with van der Waals surface area (Å²) in [5.74, 6) is 0. The lowest BCUT2D eigenvalue weighted by Gasteiger charge is -2.09. The number of hydrogen-bond acceptors (Lipinski definition) is 4. The highest BCUT2D eigenvalue weighted by Crippen LogP contribution is 2.27. The standard InChI is InChI=1S/C11H10ClNO3S2/c12-8-3-1-2-4-9(8)13-18(15,16)11-5-6-17-10(11)7-14/h1-6,13-14H,7H2. The maximum atomic E-state index is 12.1. The summed E-state index contributed by atoms with van der Waals surface area (Å²) < 4.78 is 26.6. The van der Waals surface area contributed by atoms with Crippen molar-refractivity contribution in [3.63, 3.8) is 0 Å². The van der Waals surface area contributed by atoms with E-state index in [-0.39, 0.29) is 11.5 Å². The molecule has 0 aliphatic rings. The molecule has 2 rings (SSSR count). The van der Waals surface area contributed by atoms with Crippen LogP contribution in [0.1, 0.15) is 4.88 Å². The number of hydrogen-bond donors (Lipinski definition) is 2. The number of nitrogens with one attached hydrogen (secondary N) is 1. The lowest BCUT2D eigenvalue weighted by molar-refractivity contribution is 0.282. The number of para-hydroxylation sites is 1. The predicted octanol–water partition coefficient (Wildman–Crippen LogP) is 2.69. The Morgan fingerprint density at radius 2 is 2.00 bits per heavy atom. The van der Waals surface area contributed by atoms with Gasteiger partial charge >= 0.3 is 0 Å². The molecule has 1 aromatic heterocycles. The second kappa shape index (κ2) is 5.27. The molecule has 1 heterocycles. The van der Waals surface area contributed by atoms with E-state index in [4.69, 9.17) is 16.7 Å². The first kappa shape index (κ1) is 13.4. The second-order valence-corrected chi connectivity index (χ2v) is 6.51. The number of halogens is 1. The fourth-order valence-corrected chi connectivity index (χ4v) is 4.04. The average Bonchev–Trinajstić information content (AvgIpc) is 2.81. The van der Waals surface area contributed by atoms with Gasteiger partial charge < -0.3 is 5.11 Å². The molecule has 4 nitrogen and oxygen atoms in total. The Morgan fingerprint density at radius 1 is 1.28 bits per heavy atom. The number of sulfonamides is 1. The summed E-state index contributed by atoms with van der Waals surface area (Å²) in [5, 5.41) is 11.0. The molecule has 0 bridgehead atoms. The summed E-state index contributed by atoms with van der Waals surface area (Å²) in [6, 6.07) is 8.02. The molecule has 0 atom stereocenters. The molecule has 2 N–H and O–H groups in total. The third kappa shape index (κ3) is 2.67. The molecule has 18 heavy (non-hydrogen) atoms. The summed E-state index contributed by atoms with van der Waals surface area (Å²) in [5.41, 5.74) is 0.314. The summed E-state index contributed by atoms with van der Waals surface area (Å²) in [6.07, 6.45) is 0. The first-order chi connectivity index (χ1) is 8.54. The molecule has 2 aromatic rings. The van der Waals surface area contributed by atoms with E-state index in [9.17, 15) is 8.42 Å². The van der Waals surface area contributed by atoms with Gasteiger partial charge in [0.15, 0.2) is 0 Å². The van der Waals surface area contributed by atoms with Gasteiger partial charge in [0.1, 0.15) is 4.90 Å². The van der Waals surface area contributed by atoms with Gasteiger partial charge in [-0.25, -0.2) is 8.42 Å². The quantitative estimate of drug-likeness (QED) is 0.912. The van der Waals surface area contributed by atoms with Crippen LogP contribution in [0.3, 0.4) is 0 Å². The van der Waals surface area contributed by atoms with Crippen LogP contribution in [-0.2, 0) is 16.6 Å². The number of thiophene rings is 1. The molecule has 0 aliphatic heterocycles. The van der Waals surface area contributed by atoms with Crippen molar-refractivity contribution < 1.29 is 13.5 Å². The zero-order valence-corrected chi connectivity index (χ0v) is 11.5. The molecule has 0 saturated heterocycles. The van der Waals surface area contributed by atoms with E-state index in [1.807, 2.05) is 0 Å².